The Morgan fingerprint density at radius 1 is 0.680 bits per heavy atom. The van der Waals surface area contributed by atoms with E-state index in [0.29, 0.717) is 0 Å². The number of hydrogen-bond donors (Lipinski definition) is 0. The molecule has 0 saturated carbocycles. The van der Waals surface area contributed by atoms with Crippen LogP contribution in [0.15, 0.2) is 48.5 Å². The van der Waals surface area contributed by atoms with Crippen LogP contribution >= 0.6 is 0 Å². The van der Waals surface area contributed by atoms with Gasteiger partial charge in [0.15, 0.2) is 0 Å². The molecule has 0 spiro atoms. The Balaban J connectivity index is 1.79. The van der Waals surface area contributed by atoms with Gasteiger partial charge in [-0.3, -0.25) is 9.59 Å². The molecule has 4 heteroatoms. The molecule has 0 unspecified atom stereocenters. The second kappa shape index (κ2) is 9.62. The number of carbonyl (C=O) groups is 2. The molecular weight excluding hydrogens is 316 g/mol. The van der Waals surface area contributed by atoms with Gasteiger partial charge in [0, 0.05) is 0 Å². The minimum Gasteiger partial charge on any atom is -0.460 e. The lowest BCUT2D eigenvalue weighted by molar-refractivity contribution is -0.156. The largest absolute Gasteiger partial charge is 0.460 e. The quantitative estimate of drug-likeness (QED) is 0.539. The summed E-state index contributed by atoms with van der Waals surface area (Å²) in [6, 6.07) is 15.6. The number of carbonyl (C=O) groups excluding carboxylic acids is 2. The van der Waals surface area contributed by atoms with Crippen LogP contribution in [0.25, 0.3) is 0 Å². The Labute approximate surface area is 148 Å². The second-order valence-electron chi connectivity index (χ2n) is 5.74. The number of esters is 2. The summed E-state index contributed by atoms with van der Waals surface area (Å²) in [6.07, 6.45) is 1.36. The Hall–Kier alpha value is -2.62. The summed E-state index contributed by atoms with van der Waals surface area (Å²) in [5.41, 5.74) is 4.19. The van der Waals surface area contributed by atoms with Gasteiger partial charge in [-0.05, 0) is 35.1 Å². The number of rotatable bonds is 8. The van der Waals surface area contributed by atoms with Crippen LogP contribution in [-0.2, 0) is 45.1 Å². The summed E-state index contributed by atoms with van der Waals surface area (Å²) in [4.78, 5) is 23.7. The first-order chi connectivity index (χ1) is 12.1. The summed E-state index contributed by atoms with van der Waals surface area (Å²) >= 11 is 0. The summed E-state index contributed by atoms with van der Waals surface area (Å²) in [5.74, 6) is -1.14. The number of aryl methyl sites for hydroxylation is 2. The molecule has 4 nitrogen and oxygen atoms in total. The minimum absolute atomic E-state index is 0.175. The van der Waals surface area contributed by atoms with Crippen LogP contribution in [0.2, 0.25) is 0 Å². The van der Waals surface area contributed by atoms with Crippen molar-refractivity contribution in [3.63, 3.8) is 0 Å². The third kappa shape index (κ3) is 5.75. The highest BCUT2D eigenvalue weighted by Gasteiger charge is 2.13. The first kappa shape index (κ1) is 18.7. The van der Waals surface area contributed by atoms with Crippen LogP contribution in [0.3, 0.4) is 0 Å². The highest BCUT2D eigenvalue weighted by Crippen LogP contribution is 2.13. The van der Waals surface area contributed by atoms with E-state index in [1.54, 1.807) is 0 Å². The van der Waals surface area contributed by atoms with E-state index in [4.69, 9.17) is 9.47 Å². The summed E-state index contributed by atoms with van der Waals surface area (Å²) < 4.78 is 10.4. The van der Waals surface area contributed by atoms with Crippen molar-refractivity contribution in [1.29, 1.82) is 0 Å². The van der Waals surface area contributed by atoms with Crippen LogP contribution in [0.5, 0.6) is 0 Å². The zero-order chi connectivity index (χ0) is 18.1. The van der Waals surface area contributed by atoms with Crippen molar-refractivity contribution in [2.24, 2.45) is 0 Å². The molecule has 2 rings (SSSR count). The molecule has 0 aliphatic rings. The van der Waals surface area contributed by atoms with E-state index in [-0.39, 0.29) is 19.6 Å². The molecule has 0 aliphatic heterocycles. The molecule has 25 heavy (non-hydrogen) atoms. The summed E-state index contributed by atoms with van der Waals surface area (Å²) in [6.45, 7) is 4.45. The maximum Gasteiger partial charge on any atom is 0.317 e. The third-order valence-corrected chi connectivity index (χ3v) is 4.06. The van der Waals surface area contributed by atoms with E-state index in [9.17, 15) is 9.59 Å². The van der Waals surface area contributed by atoms with E-state index >= 15 is 0 Å². The first-order valence-electron chi connectivity index (χ1n) is 8.58. The maximum absolute atomic E-state index is 11.8. The van der Waals surface area contributed by atoms with Gasteiger partial charge in [-0.1, -0.05) is 62.4 Å². The molecule has 0 heterocycles. The smallest absolute Gasteiger partial charge is 0.317 e. The topological polar surface area (TPSA) is 52.6 Å². The van der Waals surface area contributed by atoms with Gasteiger partial charge < -0.3 is 9.47 Å². The molecule has 0 saturated heterocycles. The zero-order valence-corrected chi connectivity index (χ0v) is 14.8. The zero-order valence-electron chi connectivity index (χ0n) is 14.8. The molecule has 0 fully saturated rings. The van der Waals surface area contributed by atoms with E-state index < -0.39 is 11.9 Å². The second-order valence-corrected chi connectivity index (χ2v) is 5.74. The van der Waals surface area contributed by atoms with Gasteiger partial charge in [0.25, 0.3) is 0 Å². The van der Waals surface area contributed by atoms with Crippen molar-refractivity contribution in [3.05, 3.63) is 70.8 Å². The molecule has 0 atom stereocenters. The molecule has 0 radical (unpaired) electrons. The van der Waals surface area contributed by atoms with Crippen LogP contribution in [0.1, 0.15) is 42.5 Å². The normalized spacial score (nSPS) is 10.3. The molecule has 0 N–H and O–H groups in total. The van der Waals surface area contributed by atoms with Gasteiger partial charge in [0.2, 0.25) is 0 Å². The molecule has 0 aromatic heterocycles. The van der Waals surface area contributed by atoms with Gasteiger partial charge >= 0.3 is 11.9 Å². The summed E-state index contributed by atoms with van der Waals surface area (Å²) in [5, 5.41) is 0. The van der Waals surface area contributed by atoms with Crippen LogP contribution in [0, 0.1) is 0 Å². The lowest BCUT2D eigenvalue weighted by Crippen LogP contribution is -2.14. The van der Waals surface area contributed by atoms with Crippen molar-refractivity contribution in [2.75, 3.05) is 0 Å². The third-order valence-electron chi connectivity index (χ3n) is 4.06. The molecule has 0 bridgehead atoms. The van der Waals surface area contributed by atoms with Gasteiger partial charge in [-0.2, -0.15) is 0 Å². The lowest BCUT2D eigenvalue weighted by atomic mass is 10.1. The average molecular weight is 340 g/mol. The molecular formula is C21H24O4. The van der Waals surface area contributed by atoms with Gasteiger partial charge in [0.1, 0.15) is 19.6 Å². The average Bonchev–Trinajstić information content (AvgIpc) is 2.65. The van der Waals surface area contributed by atoms with Gasteiger partial charge in [-0.25, -0.2) is 0 Å². The fraction of sp³-hybridized carbons (Fsp3) is 0.333. The predicted octanol–water partition coefficient (Wildman–Crippen LogP) is 3.99. The monoisotopic (exact) mass is 340 g/mol. The molecule has 132 valence electrons. The molecule has 0 aliphatic carbocycles. The molecule has 2 aromatic carbocycles. The summed E-state index contributed by atoms with van der Waals surface area (Å²) in [7, 11) is 0. The fourth-order valence-electron chi connectivity index (χ4n) is 2.62. The Bertz CT molecular complexity index is 660. The van der Waals surface area contributed by atoms with Crippen molar-refractivity contribution >= 4 is 11.9 Å². The Morgan fingerprint density at radius 2 is 1.04 bits per heavy atom. The Morgan fingerprint density at radius 3 is 1.40 bits per heavy atom. The van der Waals surface area contributed by atoms with E-state index in [1.807, 2.05) is 62.4 Å². The number of benzene rings is 2. The lowest BCUT2D eigenvalue weighted by Gasteiger charge is -2.10. The highest BCUT2D eigenvalue weighted by atomic mass is 16.6. The van der Waals surface area contributed by atoms with E-state index in [0.717, 1.165) is 35.1 Å². The van der Waals surface area contributed by atoms with E-state index in [2.05, 4.69) is 0 Å². The maximum atomic E-state index is 11.8. The Kier molecular flexibility index (Phi) is 7.20. The molecule has 2 aromatic rings. The highest BCUT2D eigenvalue weighted by molar-refractivity contribution is 5.91. The van der Waals surface area contributed by atoms with Crippen LogP contribution in [0.4, 0.5) is 0 Å². The SMILES string of the molecule is CCc1ccccc1COC(=O)CC(=O)OCc1ccccc1CC. The van der Waals surface area contributed by atoms with Crippen LogP contribution < -0.4 is 0 Å². The van der Waals surface area contributed by atoms with Crippen molar-refractivity contribution in [1.82, 2.24) is 0 Å². The van der Waals surface area contributed by atoms with Crippen molar-refractivity contribution < 1.29 is 19.1 Å². The minimum atomic E-state index is -0.570. The molecule has 0 amide bonds. The van der Waals surface area contributed by atoms with Crippen LogP contribution in [-0.4, -0.2) is 11.9 Å². The van der Waals surface area contributed by atoms with Crippen molar-refractivity contribution in [3.8, 4) is 0 Å². The van der Waals surface area contributed by atoms with Gasteiger partial charge in [0.05, 0.1) is 0 Å². The first-order valence-corrected chi connectivity index (χ1v) is 8.58. The van der Waals surface area contributed by atoms with E-state index in [1.165, 1.54) is 0 Å². The van der Waals surface area contributed by atoms with Gasteiger partial charge in [-0.15, -0.1) is 0 Å². The number of hydrogen-bond acceptors (Lipinski definition) is 4. The standard InChI is InChI=1S/C21H24O4/c1-3-16-9-5-7-11-18(16)14-24-20(22)13-21(23)25-15-19-12-8-6-10-17(19)4-2/h5-12H,3-4,13-15H2,1-2H3. The predicted molar refractivity (Wildman–Crippen MR) is 95.8 cm³/mol. The number of ether oxygens (including phenoxy) is 2. The fourth-order valence-corrected chi connectivity index (χ4v) is 2.62. The van der Waals surface area contributed by atoms with Crippen molar-refractivity contribution in [2.45, 2.75) is 46.3 Å².